The second-order valence-corrected chi connectivity index (χ2v) is 8.04. The Morgan fingerprint density at radius 2 is 1.85 bits per heavy atom. The zero-order valence-corrected chi connectivity index (χ0v) is 16.5. The van der Waals surface area contributed by atoms with Crippen LogP contribution in [0.2, 0.25) is 0 Å². The van der Waals surface area contributed by atoms with Crippen LogP contribution in [0.1, 0.15) is 57.3 Å². The van der Waals surface area contributed by atoms with Crippen molar-refractivity contribution in [3.8, 4) is 0 Å². The molecule has 0 radical (unpaired) electrons. The topological polar surface area (TPSA) is 68.0 Å². The highest BCUT2D eigenvalue weighted by Gasteiger charge is 2.14. The van der Waals surface area contributed by atoms with E-state index < -0.39 is 5.97 Å². The molecule has 0 atom stereocenters. The lowest BCUT2D eigenvalue weighted by Crippen LogP contribution is -2.09. The first-order valence-corrected chi connectivity index (χ1v) is 10.4. The zero-order valence-electron chi connectivity index (χ0n) is 15.7. The van der Waals surface area contributed by atoms with Gasteiger partial charge in [0, 0.05) is 18.6 Å². The summed E-state index contributed by atoms with van der Waals surface area (Å²) in [4.78, 5) is 10.5. The molecule has 0 saturated heterocycles. The largest absolute Gasteiger partial charge is 0.481 e. The third kappa shape index (κ3) is 7.20. The van der Waals surface area contributed by atoms with E-state index >= 15 is 0 Å². The molecule has 2 aromatic rings. The zero-order chi connectivity index (χ0) is 18.8. The highest BCUT2D eigenvalue weighted by atomic mass is 32.2. The van der Waals surface area contributed by atoms with Gasteiger partial charge in [-0.2, -0.15) is 0 Å². The second kappa shape index (κ2) is 11.0. The Bertz CT molecular complexity index is 671. The summed E-state index contributed by atoms with van der Waals surface area (Å²) in [5.74, 6) is 1.88. The molecule has 26 heavy (non-hydrogen) atoms. The van der Waals surface area contributed by atoms with Gasteiger partial charge in [0.25, 0.3) is 0 Å². The molecule has 0 saturated carbocycles. The molecule has 0 fully saturated rings. The lowest BCUT2D eigenvalue weighted by Gasteiger charge is -2.11. The van der Waals surface area contributed by atoms with E-state index in [1.807, 2.05) is 6.07 Å². The minimum absolute atomic E-state index is 0.275. The number of carbonyl (C=O) groups is 1. The van der Waals surface area contributed by atoms with E-state index in [0.29, 0.717) is 5.92 Å². The summed E-state index contributed by atoms with van der Waals surface area (Å²) in [7, 11) is 0. The molecule has 1 N–H and O–H groups in total. The van der Waals surface area contributed by atoms with Gasteiger partial charge in [0.2, 0.25) is 0 Å². The number of thioether (sulfide) groups is 1. The number of carboxylic acid groups (broad SMARTS) is 1. The number of nitrogens with zero attached hydrogens (tertiary/aromatic N) is 3. The van der Waals surface area contributed by atoms with E-state index in [-0.39, 0.29) is 6.42 Å². The predicted octanol–water partition coefficient (Wildman–Crippen LogP) is 4.65. The van der Waals surface area contributed by atoms with E-state index in [4.69, 9.17) is 5.11 Å². The molecule has 1 aromatic heterocycles. The maximum Gasteiger partial charge on any atom is 0.303 e. The summed E-state index contributed by atoms with van der Waals surface area (Å²) in [5.41, 5.74) is 1.26. The minimum Gasteiger partial charge on any atom is -0.481 e. The lowest BCUT2D eigenvalue weighted by atomic mass is 10.1. The number of hydrogen-bond acceptors (Lipinski definition) is 4. The number of aliphatic carboxylic acids is 1. The van der Waals surface area contributed by atoms with Gasteiger partial charge in [-0.25, -0.2) is 0 Å². The lowest BCUT2D eigenvalue weighted by molar-refractivity contribution is -0.137. The Balaban J connectivity index is 1.90. The highest BCUT2D eigenvalue weighted by molar-refractivity contribution is 7.99. The van der Waals surface area contributed by atoms with Gasteiger partial charge in [-0.3, -0.25) is 4.79 Å². The average Bonchev–Trinajstić information content (AvgIpc) is 2.96. The number of aromatic nitrogens is 3. The monoisotopic (exact) mass is 375 g/mol. The van der Waals surface area contributed by atoms with Gasteiger partial charge < -0.3 is 9.67 Å². The van der Waals surface area contributed by atoms with Crippen molar-refractivity contribution in [3.05, 3.63) is 41.7 Å². The molecule has 2 rings (SSSR count). The van der Waals surface area contributed by atoms with Gasteiger partial charge in [-0.15, -0.1) is 10.2 Å². The molecular formula is C20H29N3O2S. The Hall–Kier alpha value is -1.82. The molecule has 5 nitrogen and oxygen atoms in total. The van der Waals surface area contributed by atoms with Crippen LogP contribution in [-0.4, -0.2) is 31.6 Å². The fourth-order valence-electron chi connectivity index (χ4n) is 2.76. The summed E-state index contributed by atoms with van der Waals surface area (Å²) >= 11 is 1.75. The molecule has 0 aliphatic carbocycles. The van der Waals surface area contributed by atoms with Crippen molar-refractivity contribution in [1.82, 2.24) is 14.8 Å². The summed E-state index contributed by atoms with van der Waals surface area (Å²) in [5, 5.41) is 18.5. The summed E-state index contributed by atoms with van der Waals surface area (Å²) in [6, 6.07) is 10.4. The molecule has 6 heteroatoms. The molecule has 0 aliphatic heterocycles. The SMILES string of the molecule is CC(C)Cc1nnc(SCCCCCCC(=O)O)n1Cc1ccccc1. The van der Waals surface area contributed by atoms with Crippen LogP contribution in [0, 0.1) is 5.92 Å². The molecule has 0 bridgehead atoms. The first kappa shape index (κ1) is 20.5. The number of carboxylic acids is 1. The van der Waals surface area contributed by atoms with Gasteiger partial charge in [-0.1, -0.05) is 68.8 Å². The average molecular weight is 376 g/mol. The Morgan fingerprint density at radius 1 is 1.12 bits per heavy atom. The third-order valence-corrected chi connectivity index (χ3v) is 5.14. The molecule has 0 amide bonds. The van der Waals surface area contributed by atoms with Crippen molar-refractivity contribution in [1.29, 1.82) is 0 Å². The van der Waals surface area contributed by atoms with Crippen LogP contribution < -0.4 is 0 Å². The van der Waals surface area contributed by atoms with Gasteiger partial charge in [0.1, 0.15) is 5.82 Å². The standard InChI is InChI=1S/C20H29N3O2S/c1-16(2)14-18-21-22-20(23(18)15-17-10-6-5-7-11-17)26-13-9-4-3-8-12-19(24)25/h5-7,10-11,16H,3-4,8-9,12-15H2,1-2H3,(H,24,25). The molecule has 0 aliphatic rings. The van der Waals surface area contributed by atoms with Crippen molar-refractivity contribution >= 4 is 17.7 Å². The fraction of sp³-hybridized carbons (Fsp3) is 0.550. The summed E-state index contributed by atoms with van der Waals surface area (Å²) < 4.78 is 2.24. The maximum absolute atomic E-state index is 10.5. The van der Waals surface area contributed by atoms with Crippen LogP contribution in [-0.2, 0) is 17.8 Å². The van der Waals surface area contributed by atoms with E-state index in [0.717, 1.165) is 55.4 Å². The van der Waals surface area contributed by atoms with Crippen LogP contribution in [0.3, 0.4) is 0 Å². The number of benzene rings is 1. The predicted molar refractivity (Wildman–Crippen MR) is 106 cm³/mol. The Morgan fingerprint density at radius 3 is 2.54 bits per heavy atom. The molecule has 1 heterocycles. The van der Waals surface area contributed by atoms with Gasteiger partial charge in [0.15, 0.2) is 5.16 Å². The Labute approximate surface area is 160 Å². The van der Waals surface area contributed by atoms with Crippen molar-refractivity contribution in [2.24, 2.45) is 5.92 Å². The van der Waals surface area contributed by atoms with E-state index in [9.17, 15) is 4.79 Å². The van der Waals surface area contributed by atoms with Crippen molar-refractivity contribution in [2.45, 2.75) is 64.1 Å². The number of rotatable bonds is 12. The number of hydrogen-bond donors (Lipinski definition) is 1. The number of unbranched alkanes of at least 4 members (excludes halogenated alkanes) is 3. The van der Waals surface area contributed by atoms with Crippen molar-refractivity contribution in [3.63, 3.8) is 0 Å². The maximum atomic E-state index is 10.5. The summed E-state index contributed by atoms with van der Waals surface area (Å²) in [6.45, 7) is 5.20. The van der Waals surface area contributed by atoms with Crippen LogP contribution in [0.5, 0.6) is 0 Å². The molecule has 142 valence electrons. The van der Waals surface area contributed by atoms with Gasteiger partial charge >= 0.3 is 5.97 Å². The first-order valence-electron chi connectivity index (χ1n) is 9.37. The van der Waals surface area contributed by atoms with Gasteiger partial charge in [0.05, 0.1) is 6.54 Å². The van der Waals surface area contributed by atoms with Crippen LogP contribution >= 0.6 is 11.8 Å². The third-order valence-electron chi connectivity index (χ3n) is 4.08. The first-order chi connectivity index (χ1) is 12.6. The molecular weight excluding hydrogens is 346 g/mol. The molecule has 1 aromatic carbocycles. The van der Waals surface area contributed by atoms with Crippen LogP contribution in [0.4, 0.5) is 0 Å². The van der Waals surface area contributed by atoms with Crippen molar-refractivity contribution < 1.29 is 9.90 Å². The molecule has 0 unspecified atom stereocenters. The molecule has 0 spiro atoms. The second-order valence-electron chi connectivity index (χ2n) is 6.97. The summed E-state index contributed by atoms with van der Waals surface area (Å²) in [6.07, 6.45) is 5.07. The minimum atomic E-state index is -0.703. The van der Waals surface area contributed by atoms with E-state index in [2.05, 4.69) is 52.9 Å². The normalized spacial score (nSPS) is 11.2. The van der Waals surface area contributed by atoms with Gasteiger partial charge in [-0.05, 0) is 24.3 Å². The smallest absolute Gasteiger partial charge is 0.303 e. The quantitative estimate of drug-likeness (QED) is 0.432. The highest BCUT2D eigenvalue weighted by Crippen LogP contribution is 2.22. The van der Waals surface area contributed by atoms with Crippen LogP contribution in [0.25, 0.3) is 0 Å². The van der Waals surface area contributed by atoms with E-state index in [1.54, 1.807) is 11.8 Å². The van der Waals surface area contributed by atoms with E-state index in [1.165, 1.54) is 5.56 Å². The van der Waals surface area contributed by atoms with Crippen LogP contribution in [0.15, 0.2) is 35.5 Å². The Kier molecular flexibility index (Phi) is 8.68. The van der Waals surface area contributed by atoms with Crippen molar-refractivity contribution in [2.75, 3.05) is 5.75 Å². The fourth-order valence-corrected chi connectivity index (χ4v) is 3.72.